The van der Waals surface area contributed by atoms with Crippen LogP contribution >= 0.6 is 0 Å². The van der Waals surface area contributed by atoms with Crippen LogP contribution in [0.1, 0.15) is 246 Å². The zero-order chi connectivity index (χ0) is 38.2. The van der Waals surface area contributed by atoms with Gasteiger partial charge in [0, 0.05) is 25.6 Å². The summed E-state index contributed by atoms with van der Waals surface area (Å²) < 4.78 is 30.5. The van der Waals surface area contributed by atoms with Gasteiger partial charge >= 0.3 is 0 Å². The number of rotatable bonds is 43. The minimum atomic E-state index is -3.20. The van der Waals surface area contributed by atoms with Crippen molar-refractivity contribution in [2.75, 3.05) is 37.8 Å². The fourth-order valence-electron chi connectivity index (χ4n) is 7.36. The van der Waals surface area contributed by atoms with Crippen LogP contribution in [0.2, 0.25) is 0 Å². The van der Waals surface area contributed by atoms with Crippen LogP contribution in [-0.2, 0) is 19.4 Å². The van der Waals surface area contributed by atoms with E-state index in [4.69, 9.17) is 4.74 Å². The first-order chi connectivity index (χ1) is 25.4. The van der Waals surface area contributed by atoms with Gasteiger partial charge in [0.05, 0.1) is 18.1 Å². The second-order valence-corrected chi connectivity index (χ2v) is 18.7. The molecule has 0 saturated heterocycles. The molecule has 1 atom stereocenters. The third-order valence-corrected chi connectivity index (χ3v) is 12.7. The molecule has 0 N–H and O–H groups in total. The van der Waals surface area contributed by atoms with Crippen molar-refractivity contribution in [3.05, 3.63) is 0 Å². The Morgan fingerprint density at radius 1 is 0.442 bits per heavy atom. The quantitative estimate of drug-likeness (QED) is 0.0581. The maximum Gasteiger partial charge on any atom is 0.225 e. The van der Waals surface area contributed by atoms with Crippen molar-refractivity contribution in [1.82, 2.24) is 4.90 Å². The first-order valence-corrected chi connectivity index (χ1v) is 25.3. The number of carbonyl (C=O) groups is 1. The van der Waals surface area contributed by atoms with Crippen molar-refractivity contribution < 1.29 is 17.9 Å². The third-order valence-electron chi connectivity index (χ3n) is 11.0. The number of sulfone groups is 1. The fourth-order valence-corrected chi connectivity index (χ4v) is 8.65. The first kappa shape index (κ1) is 51.4. The number of unbranched alkanes of at least 4 members (excludes halogenated alkanes) is 30. The molecule has 0 rings (SSSR count). The van der Waals surface area contributed by atoms with E-state index < -0.39 is 9.84 Å². The van der Waals surface area contributed by atoms with Crippen LogP contribution in [0.3, 0.4) is 0 Å². The Balaban J connectivity index is 4.30. The Kier molecular flexibility index (Phi) is 39.6. The predicted octanol–water partition coefficient (Wildman–Crippen LogP) is 14.2. The molecular weight excluding hydrogens is 663 g/mol. The van der Waals surface area contributed by atoms with Crippen LogP contribution in [0, 0.1) is 5.92 Å². The van der Waals surface area contributed by atoms with Crippen LogP contribution in [0.25, 0.3) is 0 Å². The smallest absolute Gasteiger partial charge is 0.225 e. The van der Waals surface area contributed by atoms with Gasteiger partial charge in [-0.3, -0.25) is 4.79 Å². The molecule has 6 heteroatoms. The Hall–Kier alpha value is -0.620. The van der Waals surface area contributed by atoms with E-state index in [2.05, 4.69) is 18.7 Å². The Morgan fingerprint density at radius 2 is 0.750 bits per heavy atom. The SMILES string of the molecule is CCCCCCCCCCCCCCCCCCN(CCCCCCCCCCCCCCCCCC)C(=O)C(C)CCS(=O)(=O)CCOCCC. The van der Waals surface area contributed by atoms with E-state index in [0.717, 1.165) is 32.4 Å². The molecule has 0 fully saturated rings. The average molecular weight is 756 g/mol. The van der Waals surface area contributed by atoms with Crippen LogP contribution in [0.5, 0.6) is 0 Å². The lowest BCUT2D eigenvalue weighted by molar-refractivity contribution is -0.135. The number of carbonyl (C=O) groups excluding carboxylic acids is 1. The molecule has 5 nitrogen and oxygen atoms in total. The molecule has 312 valence electrons. The molecule has 1 amide bonds. The Morgan fingerprint density at radius 3 is 1.06 bits per heavy atom. The normalized spacial score (nSPS) is 12.5. The number of amides is 1. The lowest BCUT2D eigenvalue weighted by Crippen LogP contribution is -2.37. The van der Waals surface area contributed by atoms with Gasteiger partial charge in [0.25, 0.3) is 0 Å². The molecule has 0 heterocycles. The summed E-state index contributed by atoms with van der Waals surface area (Å²) in [6, 6.07) is 0. The van der Waals surface area contributed by atoms with E-state index in [-0.39, 0.29) is 29.9 Å². The highest BCUT2D eigenvalue weighted by Gasteiger charge is 2.22. The second kappa shape index (κ2) is 40.1. The van der Waals surface area contributed by atoms with Gasteiger partial charge in [-0.2, -0.15) is 0 Å². The summed E-state index contributed by atoms with van der Waals surface area (Å²) in [4.78, 5) is 15.6. The molecule has 0 aliphatic rings. The van der Waals surface area contributed by atoms with Gasteiger partial charge in [-0.15, -0.1) is 0 Å². The van der Waals surface area contributed by atoms with Gasteiger partial charge in [0.1, 0.15) is 0 Å². The fraction of sp³-hybridized carbons (Fsp3) is 0.978. The summed E-state index contributed by atoms with van der Waals surface area (Å²) in [5.74, 6) is 0.0185. The highest BCUT2D eigenvalue weighted by Crippen LogP contribution is 2.17. The van der Waals surface area contributed by atoms with Crippen LogP contribution in [-0.4, -0.2) is 57.0 Å². The minimum Gasteiger partial charge on any atom is -0.380 e. The molecule has 0 aromatic carbocycles. The topological polar surface area (TPSA) is 63.7 Å². The molecule has 0 bridgehead atoms. The Labute approximate surface area is 327 Å². The molecule has 52 heavy (non-hydrogen) atoms. The third kappa shape index (κ3) is 36.4. The first-order valence-electron chi connectivity index (χ1n) is 23.4. The number of ether oxygens (including phenoxy) is 1. The summed E-state index contributed by atoms with van der Waals surface area (Å²) in [6.45, 7) is 11.0. The van der Waals surface area contributed by atoms with E-state index in [9.17, 15) is 13.2 Å². The van der Waals surface area contributed by atoms with E-state index in [0.29, 0.717) is 13.0 Å². The average Bonchev–Trinajstić information content (AvgIpc) is 3.14. The number of nitrogens with zero attached hydrogens (tertiary/aromatic N) is 1. The van der Waals surface area contributed by atoms with Crippen LogP contribution in [0.15, 0.2) is 0 Å². The standard InChI is InChI=1S/C46H93NO4S/c1-5-8-10-12-14-16-18-20-22-24-26-28-30-32-34-36-39-47(46(48)45(4)38-43-52(49,50)44-42-51-41-7-3)40-37-35-33-31-29-27-25-23-21-19-17-15-13-11-9-6-2/h45H,5-44H2,1-4H3. The van der Waals surface area contributed by atoms with E-state index in [1.807, 2.05) is 13.8 Å². The van der Waals surface area contributed by atoms with Gasteiger partial charge in [-0.05, 0) is 25.7 Å². The summed E-state index contributed by atoms with van der Waals surface area (Å²) in [6.07, 6.45) is 44.4. The molecule has 0 radical (unpaired) electrons. The summed E-state index contributed by atoms with van der Waals surface area (Å²) in [5, 5.41) is 0. The van der Waals surface area contributed by atoms with Gasteiger partial charge < -0.3 is 9.64 Å². The Bertz CT molecular complexity index is 796. The van der Waals surface area contributed by atoms with Gasteiger partial charge in [0.2, 0.25) is 5.91 Å². The second-order valence-electron chi connectivity index (χ2n) is 16.4. The molecule has 0 aromatic heterocycles. The molecule has 0 spiro atoms. The highest BCUT2D eigenvalue weighted by molar-refractivity contribution is 7.91. The maximum absolute atomic E-state index is 13.5. The molecule has 0 saturated carbocycles. The van der Waals surface area contributed by atoms with Crippen molar-refractivity contribution in [1.29, 1.82) is 0 Å². The van der Waals surface area contributed by atoms with E-state index >= 15 is 0 Å². The van der Waals surface area contributed by atoms with Crippen molar-refractivity contribution in [3.63, 3.8) is 0 Å². The molecule has 0 aliphatic carbocycles. The molecule has 0 aromatic rings. The lowest BCUT2D eigenvalue weighted by atomic mass is 10.0. The zero-order valence-electron chi connectivity index (χ0n) is 35.9. The summed E-state index contributed by atoms with van der Waals surface area (Å²) in [7, 11) is -3.20. The van der Waals surface area contributed by atoms with Gasteiger partial charge in [-0.25, -0.2) is 8.42 Å². The molecular formula is C46H93NO4S. The van der Waals surface area contributed by atoms with E-state index in [1.54, 1.807) is 0 Å². The van der Waals surface area contributed by atoms with Crippen LogP contribution in [0.4, 0.5) is 0 Å². The highest BCUT2D eigenvalue weighted by atomic mass is 32.2. The van der Waals surface area contributed by atoms with Crippen LogP contribution < -0.4 is 0 Å². The zero-order valence-corrected chi connectivity index (χ0v) is 36.7. The number of hydrogen-bond acceptors (Lipinski definition) is 4. The summed E-state index contributed by atoms with van der Waals surface area (Å²) >= 11 is 0. The van der Waals surface area contributed by atoms with Gasteiger partial charge in [-0.1, -0.05) is 220 Å². The minimum absolute atomic E-state index is 0.0516. The summed E-state index contributed by atoms with van der Waals surface area (Å²) in [5.41, 5.74) is 0. The van der Waals surface area contributed by atoms with Crippen molar-refractivity contribution >= 4 is 15.7 Å². The van der Waals surface area contributed by atoms with Crippen molar-refractivity contribution in [2.24, 2.45) is 5.92 Å². The van der Waals surface area contributed by atoms with Gasteiger partial charge in [0.15, 0.2) is 9.84 Å². The monoisotopic (exact) mass is 756 g/mol. The number of hydrogen-bond donors (Lipinski definition) is 0. The largest absolute Gasteiger partial charge is 0.380 e. The van der Waals surface area contributed by atoms with Crippen molar-refractivity contribution in [2.45, 2.75) is 246 Å². The molecule has 0 aliphatic heterocycles. The predicted molar refractivity (Wildman–Crippen MR) is 229 cm³/mol. The maximum atomic E-state index is 13.5. The molecule has 1 unspecified atom stereocenters. The van der Waals surface area contributed by atoms with Crippen molar-refractivity contribution in [3.8, 4) is 0 Å². The lowest BCUT2D eigenvalue weighted by Gasteiger charge is -2.26. The van der Waals surface area contributed by atoms with E-state index in [1.165, 1.54) is 193 Å².